The second kappa shape index (κ2) is 7.36. The Labute approximate surface area is 144 Å². The number of nitrogens with zero attached hydrogens (tertiary/aromatic N) is 1. The fourth-order valence-corrected chi connectivity index (χ4v) is 3.64. The Morgan fingerprint density at radius 1 is 0.955 bits per heavy atom. The highest BCUT2D eigenvalue weighted by molar-refractivity contribution is 5.85. The molecular weight excluding hydrogens is 315 g/mol. The molecule has 22 heavy (non-hydrogen) atoms. The maximum atomic E-state index is 3.69. The Bertz CT molecular complexity index is 603. The number of anilines is 1. The van der Waals surface area contributed by atoms with Gasteiger partial charge in [-0.25, -0.2) is 0 Å². The Morgan fingerprint density at radius 2 is 1.68 bits per heavy atom. The zero-order valence-corrected chi connectivity index (χ0v) is 14.1. The van der Waals surface area contributed by atoms with E-state index in [9.17, 15) is 0 Å². The maximum absolute atomic E-state index is 3.69. The Balaban J connectivity index is 0.000000882. The first-order valence-electron chi connectivity index (χ1n) is 7.52. The van der Waals surface area contributed by atoms with Gasteiger partial charge in [0.25, 0.3) is 0 Å². The van der Waals surface area contributed by atoms with Gasteiger partial charge >= 0.3 is 0 Å². The van der Waals surface area contributed by atoms with E-state index in [4.69, 9.17) is 0 Å². The van der Waals surface area contributed by atoms with Crippen molar-refractivity contribution in [1.29, 1.82) is 0 Å². The molecular formula is C18H22Cl2N2. The summed E-state index contributed by atoms with van der Waals surface area (Å²) in [4.78, 5) is 2.60. The zero-order valence-electron chi connectivity index (χ0n) is 12.4. The van der Waals surface area contributed by atoms with Crippen LogP contribution in [0.25, 0.3) is 0 Å². The normalized spacial score (nSPS) is 22.5. The quantitative estimate of drug-likeness (QED) is 0.878. The number of nitrogens with one attached hydrogen (secondary N) is 1. The molecule has 2 nitrogen and oxygen atoms in total. The largest absolute Gasteiger partial charge is 0.381 e. The Hall–Kier alpha value is -1.22. The van der Waals surface area contributed by atoms with Crippen LogP contribution in [0, 0.1) is 0 Å². The van der Waals surface area contributed by atoms with E-state index in [0.717, 1.165) is 6.54 Å². The van der Waals surface area contributed by atoms with E-state index < -0.39 is 0 Å². The van der Waals surface area contributed by atoms with Crippen LogP contribution >= 0.6 is 24.8 Å². The highest BCUT2D eigenvalue weighted by Gasteiger charge is 2.36. The third-order valence-electron chi connectivity index (χ3n) is 4.65. The van der Waals surface area contributed by atoms with Crippen molar-refractivity contribution in [3.05, 3.63) is 65.7 Å². The molecule has 2 aliphatic heterocycles. The van der Waals surface area contributed by atoms with Gasteiger partial charge in [0.2, 0.25) is 0 Å². The predicted molar refractivity (Wildman–Crippen MR) is 97.4 cm³/mol. The van der Waals surface area contributed by atoms with E-state index >= 15 is 0 Å². The maximum Gasteiger partial charge on any atom is 0.0379 e. The van der Waals surface area contributed by atoms with Crippen molar-refractivity contribution in [3.8, 4) is 0 Å². The second-order valence-electron chi connectivity index (χ2n) is 5.95. The van der Waals surface area contributed by atoms with Gasteiger partial charge < -0.3 is 5.32 Å². The number of fused-ring (bicyclic) bond motifs is 3. The van der Waals surface area contributed by atoms with Crippen LogP contribution in [0.3, 0.4) is 0 Å². The number of likely N-dealkylation sites (tertiary alicyclic amines) is 1. The Morgan fingerprint density at radius 3 is 2.50 bits per heavy atom. The summed E-state index contributed by atoms with van der Waals surface area (Å²) in [5, 5.41) is 3.69. The van der Waals surface area contributed by atoms with Crippen LogP contribution in [-0.2, 0) is 6.54 Å². The van der Waals surface area contributed by atoms with Crippen molar-refractivity contribution < 1.29 is 0 Å². The minimum absolute atomic E-state index is 0. The standard InChI is InChI=1S/C18H20N2.2ClH/c1-2-6-14(7-3-1)12-20-11-10-18-16(13-20)15-8-4-5-9-17(15)19-18;;/h1-9,16,18-19H,10-13H2;2*1H. The fourth-order valence-electron chi connectivity index (χ4n) is 3.64. The number of hydrogen-bond acceptors (Lipinski definition) is 2. The van der Waals surface area contributed by atoms with Crippen LogP contribution in [0.5, 0.6) is 0 Å². The van der Waals surface area contributed by atoms with E-state index in [0.29, 0.717) is 12.0 Å². The topological polar surface area (TPSA) is 15.3 Å². The molecule has 2 heterocycles. The molecule has 0 amide bonds. The van der Waals surface area contributed by atoms with E-state index in [2.05, 4.69) is 64.8 Å². The van der Waals surface area contributed by atoms with Gasteiger partial charge in [0.05, 0.1) is 0 Å². The zero-order chi connectivity index (χ0) is 13.4. The van der Waals surface area contributed by atoms with E-state index in [1.807, 2.05) is 0 Å². The van der Waals surface area contributed by atoms with Gasteiger partial charge in [-0.05, 0) is 23.6 Å². The van der Waals surface area contributed by atoms with Gasteiger partial charge in [0.15, 0.2) is 0 Å². The van der Waals surface area contributed by atoms with Gasteiger partial charge in [-0.3, -0.25) is 4.90 Å². The average molecular weight is 337 g/mol. The molecule has 4 rings (SSSR count). The molecule has 118 valence electrons. The summed E-state index contributed by atoms with van der Waals surface area (Å²) in [5.74, 6) is 0.656. The van der Waals surface area contributed by atoms with E-state index in [-0.39, 0.29) is 24.8 Å². The van der Waals surface area contributed by atoms with Crippen LogP contribution in [0.1, 0.15) is 23.5 Å². The molecule has 0 aromatic heterocycles. The summed E-state index contributed by atoms with van der Waals surface area (Å²) >= 11 is 0. The highest BCUT2D eigenvalue weighted by Crippen LogP contribution is 2.40. The lowest BCUT2D eigenvalue weighted by Crippen LogP contribution is -2.41. The molecule has 1 fully saturated rings. The van der Waals surface area contributed by atoms with Crippen molar-refractivity contribution >= 4 is 30.5 Å². The molecule has 2 aromatic carbocycles. The van der Waals surface area contributed by atoms with Crippen molar-refractivity contribution in [2.24, 2.45) is 0 Å². The summed E-state index contributed by atoms with van der Waals surface area (Å²) in [6.45, 7) is 3.44. The van der Waals surface area contributed by atoms with E-state index in [1.165, 1.54) is 36.3 Å². The molecule has 0 aliphatic carbocycles. The summed E-state index contributed by atoms with van der Waals surface area (Å²) < 4.78 is 0. The molecule has 0 radical (unpaired) electrons. The second-order valence-corrected chi connectivity index (χ2v) is 5.95. The van der Waals surface area contributed by atoms with Crippen LogP contribution in [0.2, 0.25) is 0 Å². The van der Waals surface area contributed by atoms with Crippen LogP contribution in [0.4, 0.5) is 5.69 Å². The van der Waals surface area contributed by atoms with Gasteiger partial charge in [0, 0.05) is 37.3 Å². The smallest absolute Gasteiger partial charge is 0.0379 e. The summed E-state index contributed by atoms with van der Waals surface area (Å²) in [6, 6.07) is 20.3. The average Bonchev–Trinajstić information content (AvgIpc) is 2.86. The van der Waals surface area contributed by atoms with Gasteiger partial charge in [-0.2, -0.15) is 0 Å². The molecule has 2 atom stereocenters. The molecule has 0 saturated carbocycles. The lowest BCUT2D eigenvalue weighted by atomic mass is 9.89. The third-order valence-corrected chi connectivity index (χ3v) is 4.65. The minimum Gasteiger partial charge on any atom is -0.381 e. The van der Waals surface area contributed by atoms with Crippen molar-refractivity contribution in [2.45, 2.75) is 24.9 Å². The summed E-state index contributed by atoms with van der Waals surface area (Å²) in [5.41, 5.74) is 4.28. The minimum atomic E-state index is 0. The molecule has 1 saturated heterocycles. The number of hydrogen-bond donors (Lipinski definition) is 1. The molecule has 0 bridgehead atoms. The first-order valence-corrected chi connectivity index (χ1v) is 7.52. The highest BCUT2D eigenvalue weighted by atomic mass is 35.5. The lowest BCUT2D eigenvalue weighted by molar-refractivity contribution is 0.194. The number of para-hydroxylation sites is 1. The van der Waals surface area contributed by atoms with Crippen molar-refractivity contribution in [3.63, 3.8) is 0 Å². The monoisotopic (exact) mass is 336 g/mol. The fraction of sp³-hybridized carbons (Fsp3) is 0.333. The predicted octanol–water partition coefficient (Wildman–Crippen LogP) is 4.31. The van der Waals surface area contributed by atoms with Crippen LogP contribution in [0.15, 0.2) is 54.6 Å². The first kappa shape index (κ1) is 17.1. The lowest BCUT2D eigenvalue weighted by Gasteiger charge is -2.35. The molecule has 2 aromatic rings. The van der Waals surface area contributed by atoms with Crippen molar-refractivity contribution in [1.82, 2.24) is 4.90 Å². The van der Waals surface area contributed by atoms with Gasteiger partial charge in [-0.15, -0.1) is 24.8 Å². The number of rotatable bonds is 2. The third kappa shape index (κ3) is 3.24. The number of benzene rings is 2. The number of halogens is 2. The van der Waals surface area contributed by atoms with Gasteiger partial charge in [0.1, 0.15) is 0 Å². The first-order chi connectivity index (χ1) is 9.90. The van der Waals surface area contributed by atoms with Gasteiger partial charge in [-0.1, -0.05) is 48.5 Å². The molecule has 2 aliphatic rings. The summed E-state index contributed by atoms with van der Waals surface area (Å²) in [7, 11) is 0. The molecule has 2 unspecified atom stereocenters. The molecule has 1 N–H and O–H groups in total. The summed E-state index contributed by atoms with van der Waals surface area (Å²) in [6.07, 6.45) is 1.24. The SMILES string of the molecule is Cl.Cl.c1ccc(CN2CCC3Nc4ccccc4C3C2)cc1. The number of piperidine rings is 1. The molecule has 0 spiro atoms. The van der Waals surface area contributed by atoms with E-state index in [1.54, 1.807) is 0 Å². The van der Waals surface area contributed by atoms with Crippen molar-refractivity contribution in [2.75, 3.05) is 18.4 Å². The molecule has 4 heteroatoms. The van der Waals surface area contributed by atoms with Crippen LogP contribution in [-0.4, -0.2) is 24.0 Å². The Kier molecular flexibility index (Phi) is 5.74. The van der Waals surface area contributed by atoms with Crippen LogP contribution < -0.4 is 5.32 Å².